The van der Waals surface area contributed by atoms with Crippen LogP contribution in [0.3, 0.4) is 0 Å². The molecular weight excluding hydrogens is 300 g/mol. The first-order chi connectivity index (χ1) is 11.0. The third-order valence-corrected chi connectivity index (χ3v) is 4.12. The lowest BCUT2D eigenvalue weighted by Crippen LogP contribution is -2.33. The number of Topliss-reactive ketones (excluding diaryl/α,β-unsaturated/α-hetero) is 2. The number of aromatic hydroxyl groups is 1. The largest absolute Gasteiger partial charge is 0.502 e. The van der Waals surface area contributed by atoms with E-state index in [9.17, 15) is 14.7 Å². The number of hydrogen-bond donors (Lipinski definition) is 1. The quantitative estimate of drug-likeness (QED) is 0.936. The molecule has 23 heavy (non-hydrogen) atoms. The number of ketones is 2. The minimum Gasteiger partial charge on any atom is -0.502 e. The molecule has 1 N–H and O–H groups in total. The lowest BCUT2D eigenvalue weighted by Gasteiger charge is -2.24. The van der Waals surface area contributed by atoms with Crippen molar-refractivity contribution < 1.29 is 28.9 Å². The molecule has 6 heteroatoms. The van der Waals surface area contributed by atoms with Gasteiger partial charge in [0.05, 0.1) is 14.2 Å². The number of ether oxygens (including phenoxy) is 3. The zero-order valence-electron chi connectivity index (χ0n) is 13.0. The van der Waals surface area contributed by atoms with Gasteiger partial charge in [0.2, 0.25) is 5.75 Å². The van der Waals surface area contributed by atoms with Crippen molar-refractivity contribution in [1.29, 1.82) is 0 Å². The van der Waals surface area contributed by atoms with E-state index in [-0.39, 0.29) is 40.8 Å². The standard InChI is InChI=1S/C17H16O6/c1-21-11-6-8-4-5-9-10(18)7-12(22-2)15(19)14(9)13(8)17(23-3)16(11)20/h4-6,12,20H,7H2,1-3H3. The predicted octanol–water partition coefficient (Wildman–Crippen LogP) is 2.35. The maximum absolute atomic E-state index is 12.7. The van der Waals surface area contributed by atoms with E-state index in [2.05, 4.69) is 0 Å². The molecule has 0 heterocycles. The second-order valence-corrected chi connectivity index (χ2v) is 5.26. The van der Waals surface area contributed by atoms with Crippen molar-refractivity contribution in [2.75, 3.05) is 21.3 Å². The number of phenolic OH excluding ortho intramolecular Hbond substituents is 1. The van der Waals surface area contributed by atoms with Gasteiger partial charge in [0.1, 0.15) is 6.10 Å². The van der Waals surface area contributed by atoms with Gasteiger partial charge in [0.25, 0.3) is 0 Å². The maximum Gasteiger partial charge on any atom is 0.201 e. The van der Waals surface area contributed by atoms with E-state index < -0.39 is 6.10 Å². The summed E-state index contributed by atoms with van der Waals surface area (Å²) in [7, 11) is 4.20. The van der Waals surface area contributed by atoms with Gasteiger partial charge in [0, 0.05) is 30.0 Å². The maximum atomic E-state index is 12.7. The van der Waals surface area contributed by atoms with Crippen LogP contribution in [0.1, 0.15) is 27.1 Å². The molecule has 0 radical (unpaired) electrons. The Balaban J connectivity index is 2.43. The van der Waals surface area contributed by atoms with Crippen molar-refractivity contribution in [3.8, 4) is 17.2 Å². The lowest BCUT2D eigenvalue weighted by molar-refractivity contribution is 0.0521. The number of phenols is 1. The van der Waals surface area contributed by atoms with Crippen molar-refractivity contribution in [1.82, 2.24) is 0 Å². The molecule has 0 saturated carbocycles. The molecule has 6 nitrogen and oxygen atoms in total. The summed E-state index contributed by atoms with van der Waals surface area (Å²) in [5.41, 5.74) is 0.541. The molecule has 2 aromatic rings. The summed E-state index contributed by atoms with van der Waals surface area (Å²) in [6.45, 7) is 0. The zero-order chi connectivity index (χ0) is 16.7. The Kier molecular flexibility index (Phi) is 3.69. The second kappa shape index (κ2) is 5.55. The summed E-state index contributed by atoms with van der Waals surface area (Å²) in [5.74, 6) is -0.349. The second-order valence-electron chi connectivity index (χ2n) is 5.26. The van der Waals surface area contributed by atoms with Crippen molar-refractivity contribution in [3.05, 3.63) is 29.3 Å². The van der Waals surface area contributed by atoms with Crippen molar-refractivity contribution >= 4 is 22.3 Å². The van der Waals surface area contributed by atoms with Gasteiger partial charge in [-0.15, -0.1) is 0 Å². The molecular formula is C17H16O6. The first kappa shape index (κ1) is 15.3. The number of benzene rings is 2. The highest BCUT2D eigenvalue weighted by Crippen LogP contribution is 2.45. The molecule has 0 amide bonds. The Bertz CT molecular complexity index is 824. The van der Waals surface area contributed by atoms with Crippen LogP contribution in [0.4, 0.5) is 0 Å². The summed E-state index contributed by atoms with van der Waals surface area (Å²) in [6.07, 6.45) is -0.812. The molecule has 3 rings (SSSR count). The average Bonchev–Trinajstić information content (AvgIpc) is 2.56. The molecule has 0 bridgehead atoms. The first-order valence-electron chi connectivity index (χ1n) is 7.04. The smallest absolute Gasteiger partial charge is 0.201 e. The molecule has 0 fully saturated rings. The normalized spacial score (nSPS) is 17.3. The molecule has 2 aromatic carbocycles. The molecule has 0 spiro atoms. The Morgan fingerprint density at radius 3 is 2.48 bits per heavy atom. The fraction of sp³-hybridized carbons (Fsp3) is 0.294. The van der Waals surface area contributed by atoms with Crippen LogP contribution in [-0.4, -0.2) is 44.1 Å². The molecule has 120 valence electrons. The van der Waals surface area contributed by atoms with Gasteiger partial charge in [-0.25, -0.2) is 0 Å². The van der Waals surface area contributed by atoms with Gasteiger partial charge >= 0.3 is 0 Å². The molecule has 0 aliphatic heterocycles. The monoisotopic (exact) mass is 316 g/mol. The van der Waals surface area contributed by atoms with Crippen LogP contribution in [0, 0.1) is 0 Å². The first-order valence-corrected chi connectivity index (χ1v) is 7.04. The Labute approximate surface area is 132 Å². The SMILES string of the molecule is COc1cc2ccc3c(c2c(OC)c1O)C(=O)C(OC)CC3=O. The Morgan fingerprint density at radius 2 is 1.87 bits per heavy atom. The van der Waals surface area contributed by atoms with Gasteiger partial charge < -0.3 is 19.3 Å². The van der Waals surface area contributed by atoms with Crippen LogP contribution in [-0.2, 0) is 4.74 Å². The molecule has 1 unspecified atom stereocenters. The summed E-state index contributed by atoms with van der Waals surface area (Å²) in [4.78, 5) is 25.0. The van der Waals surface area contributed by atoms with Gasteiger partial charge in [-0.2, -0.15) is 0 Å². The molecule has 1 aliphatic carbocycles. The third kappa shape index (κ3) is 2.14. The van der Waals surface area contributed by atoms with E-state index in [1.807, 2.05) is 0 Å². The summed E-state index contributed by atoms with van der Waals surface area (Å²) in [6, 6.07) is 4.91. The lowest BCUT2D eigenvalue weighted by atomic mass is 9.84. The van der Waals surface area contributed by atoms with Gasteiger partial charge in [-0.1, -0.05) is 12.1 Å². The van der Waals surface area contributed by atoms with Crippen molar-refractivity contribution in [2.45, 2.75) is 12.5 Å². The number of rotatable bonds is 3. The van der Waals surface area contributed by atoms with Crippen molar-refractivity contribution in [2.24, 2.45) is 0 Å². The van der Waals surface area contributed by atoms with E-state index in [1.54, 1.807) is 18.2 Å². The van der Waals surface area contributed by atoms with E-state index in [0.29, 0.717) is 16.3 Å². The highest BCUT2D eigenvalue weighted by Gasteiger charge is 2.35. The van der Waals surface area contributed by atoms with Crippen LogP contribution in [0.2, 0.25) is 0 Å². The van der Waals surface area contributed by atoms with E-state index in [1.165, 1.54) is 21.3 Å². The average molecular weight is 316 g/mol. The number of methoxy groups -OCH3 is 3. The summed E-state index contributed by atoms with van der Waals surface area (Å²) in [5, 5.41) is 11.3. The molecule has 1 atom stereocenters. The van der Waals surface area contributed by atoms with Crippen LogP contribution < -0.4 is 9.47 Å². The van der Waals surface area contributed by atoms with E-state index in [4.69, 9.17) is 14.2 Å². The minimum absolute atomic E-state index is 0.0122. The van der Waals surface area contributed by atoms with Crippen LogP contribution >= 0.6 is 0 Å². The molecule has 0 aromatic heterocycles. The van der Waals surface area contributed by atoms with Gasteiger partial charge in [-0.3, -0.25) is 9.59 Å². The minimum atomic E-state index is -0.824. The van der Waals surface area contributed by atoms with Gasteiger partial charge in [0.15, 0.2) is 23.1 Å². The molecule has 0 saturated heterocycles. The zero-order valence-corrected chi connectivity index (χ0v) is 13.0. The van der Waals surface area contributed by atoms with Crippen LogP contribution in [0.5, 0.6) is 17.2 Å². The van der Waals surface area contributed by atoms with E-state index >= 15 is 0 Å². The van der Waals surface area contributed by atoms with E-state index in [0.717, 1.165) is 0 Å². The number of carbonyl (C=O) groups is 2. The Hall–Kier alpha value is -2.60. The molecule has 1 aliphatic rings. The topological polar surface area (TPSA) is 82.1 Å². The third-order valence-electron chi connectivity index (χ3n) is 4.12. The number of hydrogen-bond acceptors (Lipinski definition) is 6. The summed E-state index contributed by atoms with van der Waals surface area (Å²) < 4.78 is 15.5. The predicted molar refractivity (Wildman–Crippen MR) is 82.8 cm³/mol. The number of fused-ring (bicyclic) bond motifs is 3. The van der Waals surface area contributed by atoms with Gasteiger partial charge in [-0.05, 0) is 11.5 Å². The fourth-order valence-electron chi connectivity index (χ4n) is 2.99. The summed E-state index contributed by atoms with van der Waals surface area (Å²) >= 11 is 0. The highest BCUT2D eigenvalue weighted by atomic mass is 16.5. The van der Waals surface area contributed by atoms with Crippen LogP contribution in [0.25, 0.3) is 10.8 Å². The van der Waals surface area contributed by atoms with Crippen LogP contribution in [0.15, 0.2) is 18.2 Å². The fourth-order valence-corrected chi connectivity index (χ4v) is 2.99. The highest BCUT2D eigenvalue weighted by molar-refractivity contribution is 6.23. The van der Waals surface area contributed by atoms with Crippen molar-refractivity contribution in [3.63, 3.8) is 0 Å². The Morgan fingerprint density at radius 1 is 1.13 bits per heavy atom. The number of carbonyl (C=O) groups excluding carboxylic acids is 2.